The van der Waals surface area contributed by atoms with Gasteiger partial charge in [0.1, 0.15) is 0 Å². The van der Waals surface area contributed by atoms with Crippen molar-refractivity contribution in [3.05, 3.63) is 63.9 Å². The predicted molar refractivity (Wildman–Crippen MR) is 82.1 cm³/mol. The number of hydrogen-bond acceptors (Lipinski definition) is 1. The number of aromatic amines is 1. The summed E-state index contributed by atoms with van der Waals surface area (Å²) in [5.41, 5.74) is 6.17. The minimum atomic E-state index is 0.785. The normalized spacial score (nSPS) is 11.1. The number of rotatable bonds is 2. The van der Waals surface area contributed by atoms with Crippen molar-refractivity contribution >= 4 is 23.3 Å². The van der Waals surface area contributed by atoms with E-state index >= 15 is 0 Å². The first-order valence-electron chi connectivity index (χ1n) is 6.39. The Labute approximate surface area is 117 Å². The fourth-order valence-corrected chi connectivity index (χ4v) is 2.78. The molecule has 0 atom stereocenters. The van der Waals surface area contributed by atoms with Gasteiger partial charge < -0.3 is 9.55 Å². The molecule has 3 aromatic rings. The van der Waals surface area contributed by atoms with Crippen LogP contribution in [-0.4, -0.2) is 9.55 Å². The number of para-hydroxylation sites is 1. The fourth-order valence-electron chi connectivity index (χ4n) is 2.51. The molecule has 0 aliphatic heterocycles. The van der Waals surface area contributed by atoms with E-state index in [1.807, 2.05) is 0 Å². The number of nitrogens with zero attached hydrogens (tertiary/aromatic N) is 1. The number of benzene rings is 2. The molecular formula is C16H16N2S. The van der Waals surface area contributed by atoms with Gasteiger partial charge in [-0.15, -0.1) is 0 Å². The van der Waals surface area contributed by atoms with Crippen LogP contribution in [0.25, 0.3) is 11.0 Å². The summed E-state index contributed by atoms with van der Waals surface area (Å²) in [6, 6.07) is 14.7. The Bertz CT molecular complexity index is 796. The smallest absolute Gasteiger partial charge is 0.178 e. The molecule has 0 spiro atoms. The number of aryl methyl sites for hydroxylation is 2. The Balaban J connectivity index is 2.19. The molecule has 0 saturated carbocycles. The number of imidazole rings is 1. The van der Waals surface area contributed by atoms with Crippen LogP contribution in [0.3, 0.4) is 0 Å². The lowest BCUT2D eigenvalue weighted by Gasteiger charge is -2.09. The number of aromatic nitrogens is 2. The van der Waals surface area contributed by atoms with Gasteiger partial charge in [0.15, 0.2) is 4.77 Å². The standard InChI is InChI=1S/C16H16N2S/c1-11-6-3-4-8-13(11)10-18-15-12(2)7-5-9-14(15)17-16(18)19/h3-9H,10H2,1-2H3,(H,17,19). The monoisotopic (exact) mass is 268 g/mol. The van der Waals surface area contributed by atoms with Gasteiger partial charge in [-0.2, -0.15) is 0 Å². The van der Waals surface area contributed by atoms with Crippen LogP contribution in [0.15, 0.2) is 42.5 Å². The first-order chi connectivity index (χ1) is 9.16. The van der Waals surface area contributed by atoms with Gasteiger partial charge in [-0.3, -0.25) is 0 Å². The van der Waals surface area contributed by atoms with Crippen molar-refractivity contribution in [3.63, 3.8) is 0 Å². The van der Waals surface area contributed by atoms with E-state index in [2.05, 4.69) is 65.9 Å². The molecule has 1 N–H and O–H groups in total. The summed E-state index contributed by atoms with van der Waals surface area (Å²) in [4.78, 5) is 3.29. The van der Waals surface area contributed by atoms with Crippen LogP contribution in [0, 0.1) is 18.6 Å². The van der Waals surface area contributed by atoms with E-state index < -0.39 is 0 Å². The predicted octanol–water partition coefficient (Wildman–Crippen LogP) is 4.36. The third kappa shape index (κ3) is 2.10. The van der Waals surface area contributed by atoms with Crippen LogP contribution in [0.5, 0.6) is 0 Å². The minimum absolute atomic E-state index is 0.785. The molecule has 1 heterocycles. The number of fused-ring (bicyclic) bond motifs is 1. The summed E-state index contributed by atoms with van der Waals surface area (Å²) >= 11 is 5.46. The highest BCUT2D eigenvalue weighted by molar-refractivity contribution is 7.71. The summed E-state index contributed by atoms with van der Waals surface area (Å²) < 4.78 is 2.97. The van der Waals surface area contributed by atoms with Crippen LogP contribution in [0.2, 0.25) is 0 Å². The summed E-state index contributed by atoms with van der Waals surface area (Å²) in [6.07, 6.45) is 0. The van der Waals surface area contributed by atoms with Crippen molar-refractivity contribution in [1.29, 1.82) is 0 Å². The van der Waals surface area contributed by atoms with E-state index in [0.29, 0.717) is 0 Å². The third-order valence-corrected chi connectivity index (χ3v) is 3.91. The molecule has 2 aromatic carbocycles. The topological polar surface area (TPSA) is 20.7 Å². The Morgan fingerprint density at radius 1 is 1.00 bits per heavy atom. The second kappa shape index (κ2) is 4.67. The molecule has 0 bridgehead atoms. The molecule has 0 saturated heterocycles. The Morgan fingerprint density at radius 3 is 2.53 bits per heavy atom. The molecule has 0 aliphatic carbocycles. The summed E-state index contributed by atoms with van der Waals surface area (Å²) in [7, 11) is 0. The quantitative estimate of drug-likeness (QED) is 0.685. The van der Waals surface area contributed by atoms with Gasteiger partial charge in [0.2, 0.25) is 0 Å². The van der Waals surface area contributed by atoms with E-state index in [9.17, 15) is 0 Å². The molecule has 1 aromatic heterocycles. The van der Waals surface area contributed by atoms with E-state index in [-0.39, 0.29) is 0 Å². The summed E-state index contributed by atoms with van der Waals surface area (Å²) in [6.45, 7) is 5.08. The largest absolute Gasteiger partial charge is 0.331 e. The first-order valence-corrected chi connectivity index (χ1v) is 6.80. The number of H-pyrrole nitrogens is 1. The van der Waals surface area contributed by atoms with Crippen molar-refractivity contribution in [2.75, 3.05) is 0 Å². The van der Waals surface area contributed by atoms with Gasteiger partial charge >= 0.3 is 0 Å². The number of nitrogens with one attached hydrogen (secondary N) is 1. The average Bonchev–Trinajstić information content (AvgIpc) is 2.70. The lowest BCUT2D eigenvalue weighted by atomic mass is 10.1. The van der Waals surface area contributed by atoms with Gasteiger partial charge in [0.25, 0.3) is 0 Å². The van der Waals surface area contributed by atoms with E-state index in [4.69, 9.17) is 12.2 Å². The van der Waals surface area contributed by atoms with E-state index in [0.717, 1.165) is 16.8 Å². The van der Waals surface area contributed by atoms with E-state index in [1.54, 1.807) is 0 Å². The number of hydrogen-bond donors (Lipinski definition) is 1. The van der Waals surface area contributed by atoms with Gasteiger partial charge in [-0.25, -0.2) is 0 Å². The van der Waals surface area contributed by atoms with Crippen LogP contribution >= 0.6 is 12.2 Å². The van der Waals surface area contributed by atoms with Crippen LogP contribution in [0.4, 0.5) is 0 Å². The maximum atomic E-state index is 5.46. The lowest BCUT2D eigenvalue weighted by molar-refractivity contribution is 0.803. The Hall–Kier alpha value is -1.87. The Kier molecular flexibility index (Phi) is 2.99. The molecule has 0 fully saturated rings. The van der Waals surface area contributed by atoms with Gasteiger partial charge in [0.05, 0.1) is 17.6 Å². The molecule has 2 nitrogen and oxygen atoms in total. The molecule has 3 rings (SSSR count). The maximum Gasteiger partial charge on any atom is 0.178 e. The van der Waals surface area contributed by atoms with Crippen molar-refractivity contribution in [3.8, 4) is 0 Å². The maximum absolute atomic E-state index is 5.46. The highest BCUT2D eigenvalue weighted by Crippen LogP contribution is 2.20. The first kappa shape index (κ1) is 12.2. The van der Waals surface area contributed by atoms with Crippen molar-refractivity contribution in [2.45, 2.75) is 20.4 Å². The summed E-state index contributed by atoms with van der Waals surface area (Å²) in [5, 5.41) is 0. The molecule has 3 heteroatoms. The second-order valence-electron chi connectivity index (χ2n) is 4.91. The molecule has 0 radical (unpaired) electrons. The zero-order valence-electron chi connectivity index (χ0n) is 11.1. The van der Waals surface area contributed by atoms with Crippen LogP contribution in [-0.2, 0) is 6.54 Å². The van der Waals surface area contributed by atoms with Gasteiger partial charge in [-0.05, 0) is 48.8 Å². The van der Waals surface area contributed by atoms with Crippen molar-refractivity contribution in [2.24, 2.45) is 0 Å². The minimum Gasteiger partial charge on any atom is -0.331 e. The van der Waals surface area contributed by atoms with Crippen molar-refractivity contribution < 1.29 is 0 Å². The van der Waals surface area contributed by atoms with E-state index in [1.165, 1.54) is 22.2 Å². The molecular weight excluding hydrogens is 252 g/mol. The van der Waals surface area contributed by atoms with Crippen LogP contribution in [0.1, 0.15) is 16.7 Å². The molecule has 0 amide bonds. The highest BCUT2D eigenvalue weighted by atomic mass is 32.1. The lowest BCUT2D eigenvalue weighted by Crippen LogP contribution is -2.02. The highest BCUT2D eigenvalue weighted by Gasteiger charge is 2.08. The van der Waals surface area contributed by atoms with Crippen LogP contribution < -0.4 is 0 Å². The van der Waals surface area contributed by atoms with Crippen molar-refractivity contribution in [1.82, 2.24) is 9.55 Å². The second-order valence-corrected chi connectivity index (χ2v) is 5.30. The zero-order chi connectivity index (χ0) is 13.4. The zero-order valence-corrected chi connectivity index (χ0v) is 11.9. The molecule has 0 aliphatic rings. The average molecular weight is 268 g/mol. The third-order valence-electron chi connectivity index (χ3n) is 3.58. The van der Waals surface area contributed by atoms with Gasteiger partial charge in [-0.1, -0.05) is 36.4 Å². The molecule has 0 unspecified atom stereocenters. The Morgan fingerprint density at radius 2 is 1.74 bits per heavy atom. The fraction of sp³-hybridized carbons (Fsp3) is 0.188. The summed E-state index contributed by atoms with van der Waals surface area (Å²) in [5.74, 6) is 0. The SMILES string of the molecule is Cc1ccccc1Cn1c(=S)[nH]c2cccc(C)c21. The molecule has 19 heavy (non-hydrogen) atoms. The van der Waals surface area contributed by atoms with Gasteiger partial charge in [0, 0.05) is 0 Å². The molecule has 96 valence electrons.